The third-order valence-electron chi connectivity index (χ3n) is 2.88. The Hall–Kier alpha value is -2.02. The molecule has 0 aliphatic heterocycles. The largest absolute Gasteiger partial charge is 0.497 e. The lowest BCUT2D eigenvalue weighted by Gasteiger charge is -2.12. The van der Waals surface area contributed by atoms with Gasteiger partial charge in [-0.25, -0.2) is 0 Å². The van der Waals surface area contributed by atoms with Gasteiger partial charge in [0.1, 0.15) is 5.75 Å². The maximum absolute atomic E-state index is 12.8. The molecule has 1 amide bonds. The first-order valence-electron chi connectivity index (χ1n) is 6.13. The van der Waals surface area contributed by atoms with Gasteiger partial charge in [0.05, 0.1) is 12.7 Å². The van der Waals surface area contributed by atoms with E-state index in [-0.39, 0.29) is 10.2 Å². The van der Waals surface area contributed by atoms with Crippen LogP contribution >= 0.6 is 15.9 Å². The number of methoxy groups -OCH3 is 1. The number of nitrogens with one attached hydrogen (secondary N) is 1. The van der Waals surface area contributed by atoms with E-state index in [2.05, 4.69) is 21.2 Å². The predicted octanol–water partition coefficient (Wildman–Crippen LogP) is 4.73. The summed E-state index contributed by atoms with van der Waals surface area (Å²) in [6, 6.07) is 9.75. The lowest BCUT2D eigenvalue weighted by atomic mass is 10.1. The molecule has 0 saturated heterocycles. The van der Waals surface area contributed by atoms with E-state index >= 15 is 0 Å². The zero-order chi connectivity index (χ0) is 16.3. The van der Waals surface area contributed by atoms with Crippen LogP contribution in [0.1, 0.15) is 15.9 Å². The predicted molar refractivity (Wildman–Crippen MR) is 80.1 cm³/mol. The highest BCUT2D eigenvalue weighted by atomic mass is 79.9. The van der Waals surface area contributed by atoms with E-state index in [9.17, 15) is 18.0 Å². The van der Waals surface area contributed by atoms with Crippen LogP contribution < -0.4 is 10.1 Å². The molecule has 0 bridgehead atoms. The van der Waals surface area contributed by atoms with E-state index < -0.39 is 17.6 Å². The van der Waals surface area contributed by atoms with Crippen LogP contribution in [0.4, 0.5) is 18.9 Å². The number of carbonyl (C=O) groups is 1. The zero-order valence-electron chi connectivity index (χ0n) is 11.4. The Balaban J connectivity index is 2.21. The summed E-state index contributed by atoms with van der Waals surface area (Å²) in [6.45, 7) is 0. The number of alkyl halides is 3. The second-order valence-electron chi connectivity index (χ2n) is 4.38. The second kappa shape index (κ2) is 6.39. The molecule has 0 saturated carbocycles. The van der Waals surface area contributed by atoms with E-state index in [0.29, 0.717) is 11.3 Å². The van der Waals surface area contributed by atoms with Crippen LogP contribution in [0, 0.1) is 0 Å². The summed E-state index contributed by atoms with van der Waals surface area (Å²) in [5, 5.41) is 2.43. The maximum Gasteiger partial charge on any atom is 0.417 e. The summed E-state index contributed by atoms with van der Waals surface area (Å²) in [6.07, 6.45) is -4.50. The van der Waals surface area contributed by atoms with Gasteiger partial charge in [-0.3, -0.25) is 4.79 Å². The van der Waals surface area contributed by atoms with Crippen molar-refractivity contribution in [3.05, 3.63) is 58.1 Å². The Morgan fingerprint density at radius 3 is 2.32 bits per heavy atom. The average Bonchev–Trinajstić information content (AvgIpc) is 2.48. The molecule has 0 heterocycles. The maximum atomic E-state index is 12.8. The van der Waals surface area contributed by atoms with Gasteiger partial charge in [0.2, 0.25) is 0 Å². The summed E-state index contributed by atoms with van der Waals surface area (Å²) in [4.78, 5) is 12.0. The Morgan fingerprint density at radius 2 is 1.77 bits per heavy atom. The number of ether oxygens (including phenoxy) is 1. The summed E-state index contributed by atoms with van der Waals surface area (Å²) in [7, 11) is 1.50. The Kier molecular flexibility index (Phi) is 4.75. The highest BCUT2D eigenvalue weighted by Gasteiger charge is 2.33. The van der Waals surface area contributed by atoms with E-state index in [0.717, 1.165) is 6.07 Å². The van der Waals surface area contributed by atoms with Gasteiger partial charge >= 0.3 is 6.18 Å². The second-order valence-corrected chi connectivity index (χ2v) is 5.23. The third kappa shape index (κ3) is 3.79. The first-order valence-corrected chi connectivity index (χ1v) is 6.92. The van der Waals surface area contributed by atoms with Crippen molar-refractivity contribution in [3.63, 3.8) is 0 Å². The van der Waals surface area contributed by atoms with E-state index in [4.69, 9.17) is 4.74 Å². The fourth-order valence-corrected chi connectivity index (χ4v) is 2.24. The number of hydrogen-bond acceptors (Lipinski definition) is 2. The number of carbonyl (C=O) groups excluding carboxylic acids is 1. The lowest BCUT2D eigenvalue weighted by molar-refractivity contribution is -0.138. The highest BCUT2D eigenvalue weighted by Crippen LogP contribution is 2.36. The molecule has 2 aromatic carbocycles. The molecule has 0 unspecified atom stereocenters. The third-order valence-corrected chi connectivity index (χ3v) is 3.57. The zero-order valence-corrected chi connectivity index (χ0v) is 13.0. The van der Waals surface area contributed by atoms with Crippen molar-refractivity contribution in [3.8, 4) is 5.75 Å². The topological polar surface area (TPSA) is 38.3 Å². The quantitative estimate of drug-likeness (QED) is 0.844. The van der Waals surface area contributed by atoms with Crippen LogP contribution in [-0.4, -0.2) is 13.0 Å². The van der Waals surface area contributed by atoms with Crippen LogP contribution in [0.2, 0.25) is 0 Å². The molecule has 2 rings (SSSR count). The van der Waals surface area contributed by atoms with Crippen molar-refractivity contribution in [2.24, 2.45) is 0 Å². The summed E-state index contributed by atoms with van der Waals surface area (Å²) >= 11 is 2.85. The summed E-state index contributed by atoms with van der Waals surface area (Å²) in [5.41, 5.74) is -0.464. The van der Waals surface area contributed by atoms with Crippen LogP contribution in [0.5, 0.6) is 5.75 Å². The minimum atomic E-state index is -4.50. The number of benzene rings is 2. The molecule has 116 valence electrons. The van der Waals surface area contributed by atoms with E-state index in [1.165, 1.54) is 31.4 Å². The van der Waals surface area contributed by atoms with Crippen molar-refractivity contribution < 1.29 is 22.7 Å². The van der Waals surface area contributed by atoms with Crippen molar-refractivity contribution in [1.82, 2.24) is 0 Å². The van der Waals surface area contributed by atoms with Gasteiger partial charge < -0.3 is 10.1 Å². The first-order chi connectivity index (χ1) is 10.3. The lowest BCUT2D eigenvalue weighted by Crippen LogP contribution is -2.13. The normalized spacial score (nSPS) is 11.1. The summed E-state index contributed by atoms with van der Waals surface area (Å²) < 4.78 is 43.3. The molecule has 0 radical (unpaired) electrons. The Morgan fingerprint density at radius 1 is 1.14 bits per heavy atom. The van der Waals surface area contributed by atoms with Gasteiger partial charge in [-0.1, -0.05) is 15.9 Å². The Bertz CT molecular complexity index is 684. The van der Waals surface area contributed by atoms with Gasteiger partial charge in [0.25, 0.3) is 5.91 Å². The van der Waals surface area contributed by atoms with Crippen molar-refractivity contribution in [2.45, 2.75) is 6.18 Å². The van der Waals surface area contributed by atoms with E-state index in [1.54, 1.807) is 12.1 Å². The van der Waals surface area contributed by atoms with Crippen LogP contribution in [0.25, 0.3) is 0 Å². The van der Waals surface area contributed by atoms with Gasteiger partial charge in [-0.15, -0.1) is 0 Å². The first kappa shape index (κ1) is 16.4. The van der Waals surface area contributed by atoms with Gasteiger partial charge in [-0.05, 0) is 42.5 Å². The van der Waals surface area contributed by atoms with Crippen molar-refractivity contribution in [1.29, 1.82) is 0 Å². The SMILES string of the molecule is COc1ccc(C(=O)Nc2ccc(Br)c(C(F)(F)F)c2)cc1. The molecular formula is C15H11BrF3NO2. The van der Waals surface area contributed by atoms with Gasteiger partial charge in [-0.2, -0.15) is 13.2 Å². The molecule has 0 spiro atoms. The molecular weight excluding hydrogens is 363 g/mol. The molecule has 3 nitrogen and oxygen atoms in total. The molecule has 0 aliphatic carbocycles. The molecule has 22 heavy (non-hydrogen) atoms. The highest BCUT2D eigenvalue weighted by molar-refractivity contribution is 9.10. The number of hydrogen-bond donors (Lipinski definition) is 1. The Labute approximate surface area is 133 Å². The molecule has 0 aliphatic rings. The number of halogens is 4. The van der Waals surface area contributed by atoms with Gasteiger partial charge in [0, 0.05) is 15.7 Å². The molecule has 0 aromatic heterocycles. The average molecular weight is 374 g/mol. The van der Waals surface area contributed by atoms with Crippen molar-refractivity contribution >= 4 is 27.5 Å². The van der Waals surface area contributed by atoms with Crippen molar-refractivity contribution in [2.75, 3.05) is 12.4 Å². The van der Waals surface area contributed by atoms with Crippen LogP contribution in [-0.2, 0) is 6.18 Å². The molecule has 2 aromatic rings. The minimum Gasteiger partial charge on any atom is -0.497 e. The fraction of sp³-hybridized carbons (Fsp3) is 0.133. The monoisotopic (exact) mass is 373 g/mol. The van der Waals surface area contributed by atoms with Crippen LogP contribution in [0.15, 0.2) is 46.9 Å². The number of rotatable bonds is 3. The molecule has 1 N–H and O–H groups in total. The standard InChI is InChI=1S/C15H11BrF3NO2/c1-22-11-5-2-9(3-6-11)14(21)20-10-4-7-13(16)12(8-10)15(17,18)19/h2-8H,1H3,(H,20,21). The minimum absolute atomic E-state index is 0.0661. The molecule has 0 atom stereocenters. The number of anilines is 1. The summed E-state index contributed by atoms with van der Waals surface area (Å²) in [5.74, 6) is 0.0812. The smallest absolute Gasteiger partial charge is 0.417 e. The van der Waals surface area contributed by atoms with Gasteiger partial charge in [0.15, 0.2) is 0 Å². The fourth-order valence-electron chi connectivity index (χ4n) is 1.77. The molecule has 7 heteroatoms. The number of amides is 1. The van der Waals surface area contributed by atoms with Crippen LogP contribution in [0.3, 0.4) is 0 Å². The van der Waals surface area contributed by atoms with E-state index in [1.807, 2.05) is 0 Å². The molecule has 0 fully saturated rings.